The maximum atomic E-state index is 5.76. The summed E-state index contributed by atoms with van der Waals surface area (Å²) >= 11 is 0. The highest BCUT2D eigenvalue weighted by atomic mass is 16.6. The van der Waals surface area contributed by atoms with Crippen LogP contribution in [0.1, 0.15) is 30.5 Å². The lowest BCUT2D eigenvalue weighted by Crippen LogP contribution is -2.36. The molecule has 1 aliphatic carbocycles. The fraction of sp³-hybridized carbons (Fsp3) is 0.333. The molecular weight excluding hydrogens is 290 g/mol. The van der Waals surface area contributed by atoms with E-state index in [0.29, 0.717) is 13.2 Å². The molecule has 1 saturated carbocycles. The fourth-order valence-electron chi connectivity index (χ4n) is 3.63. The van der Waals surface area contributed by atoms with E-state index in [1.165, 1.54) is 12.0 Å². The standard InChI is InChI=1S/C18H17N3O2/c1-5-18(6-1,16-12-17-19-7-2-8-21(17)20-16)13-3-4-14-15(11-13)23-10-9-22-14/h2-4,7-8,11-12H,1,5-6,9-10H2. The molecule has 0 unspecified atom stereocenters. The molecule has 0 bridgehead atoms. The number of hydrogen-bond donors (Lipinski definition) is 0. The monoisotopic (exact) mass is 307 g/mol. The number of rotatable bonds is 2. The summed E-state index contributed by atoms with van der Waals surface area (Å²) in [6.45, 7) is 1.23. The zero-order valence-electron chi connectivity index (χ0n) is 12.7. The predicted molar refractivity (Wildman–Crippen MR) is 85.1 cm³/mol. The summed E-state index contributed by atoms with van der Waals surface area (Å²) in [6, 6.07) is 10.3. The second kappa shape index (κ2) is 4.72. The molecule has 0 saturated heterocycles. The predicted octanol–water partition coefficient (Wildman–Crippen LogP) is 2.97. The van der Waals surface area contributed by atoms with Gasteiger partial charge in [0.2, 0.25) is 0 Å². The summed E-state index contributed by atoms with van der Waals surface area (Å²) in [4.78, 5) is 4.39. The Labute approximate surface area is 133 Å². The largest absolute Gasteiger partial charge is 0.486 e. The van der Waals surface area contributed by atoms with Crippen LogP contribution in [0.2, 0.25) is 0 Å². The van der Waals surface area contributed by atoms with Gasteiger partial charge in [-0.3, -0.25) is 0 Å². The van der Waals surface area contributed by atoms with Crippen molar-refractivity contribution in [1.29, 1.82) is 0 Å². The molecular formula is C18H17N3O2. The van der Waals surface area contributed by atoms with E-state index in [1.54, 1.807) is 6.20 Å². The molecule has 1 fully saturated rings. The molecule has 5 nitrogen and oxygen atoms in total. The molecule has 2 aromatic heterocycles. The first kappa shape index (κ1) is 12.9. The van der Waals surface area contributed by atoms with Crippen molar-refractivity contribution in [2.45, 2.75) is 24.7 Å². The zero-order chi connectivity index (χ0) is 15.3. The normalized spacial score (nSPS) is 18.6. The van der Waals surface area contributed by atoms with Crippen LogP contribution in [-0.2, 0) is 5.41 Å². The molecule has 3 aromatic rings. The van der Waals surface area contributed by atoms with Crippen molar-refractivity contribution >= 4 is 5.65 Å². The average Bonchev–Trinajstić information content (AvgIpc) is 2.97. The summed E-state index contributed by atoms with van der Waals surface area (Å²) in [5.74, 6) is 1.69. The van der Waals surface area contributed by atoms with Crippen LogP contribution in [0, 0.1) is 0 Å². The molecule has 116 valence electrons. The Hall–Kier alpha value is -2.56. The molecule has 1 aliphatic heterocycles. The lowest BCUT2D eigenvalue weighted by atomic mass is 9.62. The molecule has 0 spiro atoms. The number of aromatic nitrogens is 3. The van der Waals surface area contributed by atoms with Gasteiger partial charge in [0, 0.05) is 23.9 Å². The minimum atomic E-state index is -0.0243. The topological polar surface area (TPSA) is 48.7 Å². The zero-order valence-corrected chi connectivity index (χ0v) is 12.7. The second-order valence-electron chi connectivity index (χ2n) is 6.25. The maximum absolute atomic E-state index is 5.76. The first-order valence-electron chi connectivity index (χ1n) is 8.06. The van der Waals surface area contributed by atoms with Gasteiger partial charge in [-0.05, 0) is 36.6 Å². The van der Waals surface area contributed by atoms with E-state index >= 15 is 0 Å². The van der Waals surface area contributed by atoms with E-state index < -0.39 is 0 Å². The SMILES string of the molecule is c1cnc2cc(C3(c4ccc5c(c4)OCCO5)CCC3)nn2c1. The van der Waals surface area contributed by atoms with Gasteiger partial charge in [-0.15, -0.1) is 0 Å². The Morgan fingerprint density at radius 2 is 1.91 bits per heavy atom. The van der Waals surface area contributed by atoms with Crippen molar-refractivity contribution in [3.63, 3.8) is 0 Å². The molecule has 23 heavy (non-hydrogen) atoms. The number of fused-ring (bicyclic) bond motifs is 2. The summed E-state index contributed by atoms with van der Waals surface area (Å²) < 4.78 is 13.3. The summed E-state index contributed by atoms with van der Waals surface area (Å²) in [5.41, 5.74) is 3.23. The summed E-state index contributed by atoms with van der Waals surface area (Å²) in [7, 11) is 0. The Bertz CT molecular complexity index is 850. The van der Waals surface area contributed by atoms with Crippen molar-refractivity contribution in [2.24, 2.45) is 0 Å². The third-order valence-electron chi connectivity index (χ3n) is 5.03. The fourth-order valence-corrected chi connectivity index (χ4v) is 3.63. The molecule has 1 aromatic carbocycles. The number of ether oxygens (including phenoxy) is 2. The van der Waals surface area contributed by atoms with Crippen LogP contribution in [0.3, 0.4) is 0 Å². The van der Waals surface area contributed by atoms with E-state index in [2.05, 4.69) is 23.2 Å². The molecule has 2 aliphatic rings. The number of benzene rings is 1. The van der Waals surface area contributed by atoms with Crippen molar-refractivity contribution in [3.05, 3.63) is 54.0 Å². The Morgan fingerprint density at radius 3 is 2.70 bits per heavy atom. The van der Waals surface area contributed by atoms with Gasteiger partial charge in [0.1, 0.15) is 13.2 Å². The lowest BCUT2D eigenvalue weighted by Gasteiger charge is -2.41. The minimum Gasteiger partial charge on any atom is -0.486 e. The molecule has 0 atom stereocenters. The molecule has 0 N–H and O–H groups in total. The molecule has 0 amide bonds. The van der Waals surface area contributed by atoms with Gasteiger partial charge in [0.25, 0.3) is 0 Å². The van der Waals surface area contributed by atoms with Crippen LogP contribution >= 0.6 is 0 Å². The Morgan fingerprint density at radius 1 is 1.04 bits per heavy atom. The van der Waals surface area contributed by atoms with Gasteiger partial charge in [0.05, 0.1) is 5.69 Å². The van der Waals surface area contributed by atoms with E-state index in [0.717, 1.165) is 35.7 Å². The van der Waals surface area contributed by atoms with Crippen LogP contribution in [0.4, 0.5) is 0 Å². The van der Waals surface area contributed by atoms with Crippen LogP contribution in [-0.4, -0.2) is 27.8 Å². The Kier molecular flexibility index (Phi) is 2.65. The second-order valence-corrected chi connectivity index (χ2v) is 6.25. The van der Waals surface area contributed by atoms with Crippen molar-refractivity contribution in [2.75, 3.05) is 13.2 Å². The number of hydrogen-bond acceptors (Lipinski definition) is 4. The highest BCUT2D eigenvalue weighted by Gasteiger charge is 2.43. The van der Waals surface area contributed by atoms with Gasteiger partial charge in [0.15, 0.2) is 17.1 Å². The molecule has 0 radical (unpaired) electrons. The quantitative estimate of drug-likeness (QED) is 0.730. The van der Waals surface area contributed by atoms with Crippen molar-refractivity contribution in [1.82, 2.24) is 14.6 Å². The van der Waals surface area contributed by atoms with Gasteiger partial charge in [-0.2, -0.15) is 5.10 Å². The first-order valence-corrected chi connectivity index (χ1v) is 8.06. The van der Waals surface area contributed by atoms with Gasteiger partial charge >= 0.3 is 0 Å². The van der Waals surface area contributed by atoms with E-state index in [4.69, 9.17) is 14.6 Å². The van der Waals surface area contributed by atoms with E-state index in [-0.39, 0.29) is 5.41 Å². The van der Waals surface area contributed by atoms with Crippen LogP contribution in [0.5, 0.6) is 11.5 Å². The third kappa shape index (κ3) is 1.86. The van der Waals surface area contributed by atoms with Gasteiger partial charge in [-0.25, -0.2) is 9.50 Å². The van der Waals surface area contributed by atoms with Gasteiger partial charge in [-0.1, -0.05) is 12.5 Å². The van der Waals surface area contributed by atoms with E-state index in [1.807, 2.05) is 22.8 Å². The summed E-state index contributed by atoms with van der Waals surface area (Å²) in [5, 5.41) is 4.78. The summed E-state index contributed by atoms with van der Waals surface area (Å²) in [6.07, 6.45) is 7.18. The third-order valence-corrected chi connectivity index (χ3v) is 5.03. The van der Waals surface area contributed by atoms with Crippen LogP contribution in [0.25, 0.3) is 5.65 Å². The number of nitrogens with zero attached hydrogens (tertiary/aromatic N) is 3. The first-order chi connectivity index (χ1) is 11.4. The van der Waals surface area contributed by atoms with Crippen molar-refractivity contribution in [3.8, 4) is 11.5 Å². The molecule has 3 heterocycles. The van der Waals surface area contributed by atoms with Gasteiger partial charge < -0.3 is 9.47 Å². The molecule has 5 rings (SSSR count). The Balaban J connectivity index is 1.63. The highest BCUT2D eigenvalue weighted by molar-refractivity contribution is 5.51. The smallest absolute Gasteiger partial charge is 0.161 e. The average molecular weight is 307 g/mol. The molecule has 5 heteroatoms. The van der Waals surface area contributed by atoms with E-state index in [9.17, 15) is 0 Å². The van der Waals surface area contributed by atoms with Crippen molar-refractivity contribution < 1.29 is 9.47 Å². The lowest BCUT2D eigenvalue weighted by molar-refractivity contribution is 0.170. The maximum Gasteiger partial charge on any atom is 0.161 e. The highest BCUT2D eigenvalue weighted by Crippen LogP contribution is 2.50. The van der Waals surface area contributed by atoms with Crippen LogP contribution < -0.4 is 9.47 Å². The van der Waals surface area contributed by atoms with Crippen LogP contribution in [0.15, 0.2) is 42.7 Å². The minimum absolute atomic E-state index is 0.0243.